The van der Waals surface area contributed by atoms with E-state index in [2.05, 4.69) is 198 Å². The molecule has 0 unspecified atom stereocenters. The van der Waals surface area contributed by atoms with Crippen molar-refractivity contribution in [2.75, 3.05) is 4.90 Å². The highest BCUT2D eigenvalue weighted by molar-refractivity contribution is 5.95. The normalized spacial score (nSPS) is 14.9. The van der Waals surface area contributed by atoms with Gasteiger partial charge < -0.3 is 4.90 Å². The van der Waals surface area contributed by atoms with Crippen molar-refractivity contribution in [2.45, 2.75) is 57.8 Å². The van der Waals surface area contributed by atoms with E-state index in [-0.39, 0.29) is 16.2 Å². The fourth-order valence-corrected chi connectivity index (χ4v) is 8.88. The number of rotatable bonds is 5. The Morgan fingerprint density at radius 1 is 0.380 bits per heavy atom. The summed E-state index contributed by atoms with van der Waals surface area (Å²) in [5.41, 5.74) is 16.8. The molecule has 0 N–H and O–H groups in total. The summed E-state index contributed by atoms with van der Waals surface area (Å²) in [7, 11) is 0. The first-order valence-electron chi connectivity index (χ1n) is 17.9. The summed E-state index contributed by atoms with van der Waals surface area (Å²) in [6, 6.07) is 56.8. The Balaban J connectivity index is 1.20. The van der Waals surface area contributed by atoms with Crippen molar-refractivity contribution in [1.82, 2.24) is 0 Å². The summed E-state index contributed by atoms with van der Waals surface area (Å²) in [5, 5.41) is 2.59. The van der Waals surface area contributed by atoms with Crippen LogP contribution >= 0.6 is 0 Å². The third-order valence-electron chi connectivity index (χ3n) is 12.0. The van der Waals surface area contributed by atoms with Crippen LogP contribution in [0.1, 0.15) is 74.9 Å². The van der Waals surface area contributed by atoms with Crippen molar-refractivity contribution < 1.29 is 0 Å². The summed E-state index contributed by atoms with van der Waals surface area (Å²) in [5.74, 6) is 0. The van der Waals surface area contributed by atoms with E-state index in [4.69, 9.17) is 0 Å². The molecule has 2 aliphatic carbocycles. The number of nitrogens with zero attached hydrogens (tertiary/aromatic N) is 1. The van der Waals surface area contributed by atoms with Gasteiger partial charge in [0.15, 0.2) is 0 Å². The molecule has 0 spiro atoms. The van der Waals surface area contributed by atoms with Crippen molar-refractivity contribution in [3.8, 4) is 22.3 Å². The lowest BCUT2D eigenvalue weighted by atomic mass is 9.78. The highest BCUT2D eigenvalue weighted by Crippen LogP contribution is 2.53. The second-order valence-corrected chi connectivity index (χ2v) is 15.9. The molecule has 0 saturated heterocycles. The number of anilines is 3. The third kappa shape index (κ3) is 4.46. The van der Waals surface area contributed by atoms with Crippen LogP contribution in [0.25, 0.3) is 33.0 Å². The molecule has 1 nitrogen and oxygen atoms in total. The maximum Gasteiger partial charge on any atom is 0.0465 e. The van der Waals surface area contributed by atoms with Crippen molar-refractivity contribution in [3.05, 3.63) is 185 Å². The fourth-order valence-electron chi connectivity index (χ4n) is 8.88. The van der Waals surface area contributed by atoms with Gasteiger partial charge in [-0.25, -0.2) is 0 Å². The van der Waals surface area contributed by atoms with Crippen molar-refractivity contribution in [1.29, 1.82) is 0 Å². The molecule has 7 aromatic rings. The molecule has 0 radical (unpaired) electrons. The van der Waals surface area contributed by atoms with Crippen LogP contribution in [0.15, 0.2) is 152 Å². The lowest BCUT2D eigenvalue weighted by Gasteiger charge is -2.31. The van der Waals surface area contributed by atoms with E-state index in [0.29, 0.717) is 0 Å². The van der Waals surface area contributed by atoms with Gasteiger partial charge in [-0.2, -0.15) is 0 Å². The molecule has 7 aromatic carbocycles. The minimum Gasteiger partial charge on any atom is -0.310 e. The maximum absolute atomic E-state index is 2.47. The zero-order valence-corrected chi connectivity index (χ0v) is 29.9. The lowest BCUT2D eigenvalue weighted by molar-refractivity contribution is 0.641. The minimum atomic E-state index is -0.123. The van der Waals surface area contributed by atoms with Gasteiger partial charge in [0.05, 0.1) is 0 Å². The van der Waals surface area contributed by atoms with E-state index in [1.54, 1.807) is 0 Å². The van der Waals surface area contributed by atoms with Gasteiger partial charge in [0.25, 0.3) is 0 Å². The van der Waals surface area contributed by atoms with Gasteiger partial charge in [0.2, 0.25) is 0 Å². The predicted octanol–water partition coefficient (Wildman–Crippen LogP) is 13.2. The summed E-state index contributed by atoms with van der Waals surface area (Å²) in [6.45, 7) is 14.1. The first-order valence-corrected chi connectivity index (χ1v) is 17.9. The number of hydrogen-bond acceptors (Lipinski definition) is 1. The molecule has 244 valence electrons. The van der Waals surface area contributed by atoms with Gasteiger partial charge >= 0.3 is 0 Å². The second kappa shape index (κ2) is 10.8. The summed E-state index contributed by atoms with van der Waals surface area (Å²) < 4.78 is 0. The van der Waals surface area contributed by atoms with Crippen LogP contribution in [0.4, 0.5) is 17.1 Å². The number of fused-ring (bicyclic) bond motifs is 7. The first kappa shape index (κ1) is 30.6. The topological polar surface area (TPSA) is 3.24 Å². The van der Waals surface area contributed by atoms with Gasteiger partial charge in [-0.3, -0.25) is 0 Å². The van der Waals surface area contributed by atoms with E-state index in [1.807, 2.05) is 0 Å². The largest absolute Gasteiger partial charge is 0.310 e. The molecule has 0 bridgehead atoms. The van der Waals surface area contributed by atoms with Crippen LogP contribution in [0, 0.1) is 0 Å². The Morgan fingerprint density at radius 2 is 0.840 bits per heavy atom. The molecule has 0 aromatic heterocycles. The van der Waals surface area contributed by atoms with Crippen LogP contribution < -0.4 is 4.90 Å². The Morgan fingerprint density at radius 3 is 1.50 bits per heavy atom. The van der Waals surface area contributed by atoms with E-state index >= 15 is 0 Å². The van der Waals surface area contributed by atoms with Crippen molar-refractivity contribution >= 4 is 27.8 Å². The summed E-state index contributed by atoms with van der Waals surface area (Å²) in [4.78, 5) is 2.47. The molecule has 1 heteroatoms. The monoisotopic (exact) mass is 645 g/mol. The van der Waals surface area contributed by atoms with Gasteiger partial charge in [-0.05, 0) is 115 Å². The summed E-state index contributed by atoms with van der Waals surface area (Å²) in [6.07, 6.45) is 0. The predicted molar refractivity (Wildman–Crippen MR) is 212 cm³/mol. The van der Waals surface area contributed by atoms with Crippen LogP contribution in [0.5, 0.6) is 0 Å². The molecule has 50 heavy (non-hydrogen) atoms. The molecule has 0 atom stereocenters. The zero-order chi connectivity index (χ0) is 34.4. The standard InChI is InChI=1S/C49H43N/c1-47(2,34-16-8-7-9-17-34)35-20-22-36(23-21-35)50(37-24-26-40-39-18-12-13-19-43(39)48(3,4)45(40)30-37)38-25-27-41-42-28-32-14-10-11-15-33(32)29-44(42)49(5,6)46(41)31-38/h7-31H,1-6H3. The molecule has 0 amide bonds. The third-order valence-corrected chi connectivity index (χ3v) is 12.0. The van der Waals surface area contributed by atoms with E-state index < -0.39 is 0 Å². The van der Waals surface area contributed by atoms with Crippen LogP contribution in [-0.2, 0) is 16.2 Å². The second-order valence-electron chi connectivity index (χ2n) is 15.9. The average molecular weight is 646 g/mol. The molecule has 0 fully saturated rings. The molecular weight excluding hydrogens is 603 g/mol. The minimum absolute atomic E-state index is 0.0826. The van der Waals surface area contributed by atoms with Crippen LogP contribution in [0.3, 0.4) is 0 Å². The summed E-state index contributed by atoms with van der Waals surface area (Å²) >= 11 is 0. The van der Waals surface area contributed by atoms with E-state index in [9.17, 15) is 0 Å². The molecule has 0 saturated carbocycles. The molecular formula is C49H43N. The quantitative estimate of drug-likeness (QED) is 0.180. The molecule has 0 heterocycles. The van der Waals surface area contributed by atoms with Crippen LogP contribution in [-0.4, -0.2) is 0 Å². The van der Waals surface area contributed by atoms with Crippen molar-refractivity contribution in [2.24, 2.45) is 0 Å². The highest BCUT2D eigenvalue weighted by atomic mass is 15.1. The van der Waals surface area contributed by atoms with Crippen LogP contribution in [0.2, 0.25) is 0 Å². The smallest absolute Gasteiger partial charge is 0.0465 e. The Bertz CT molecular complexity index is 2440. The fraction of sp³-hybridized carbons (Fsp3) is 0.184. The lowest BCUT2D eigenvalue weighted by Crippen LogP contribution is -2.19. The number of benzene rings is 7. The van der Waals surface area contributed by atoms with E-state index in [0.717, 1.165) is 5.69 Å². The maximum atomic E-state index is 2.47. The molecule has 2 aliphatic rings. The van der Waals surface area contributed by atoms with Gasteiger partial charge in [0, 0.05) is 33.3 Å². The van der Waals surface area contributed by atoms with Gasteiger partial charge in [-0.1, -0.05) is 145 Å². The number of hydrogen-bond donors (Lipinski definition) is 0. The van der Waals surface area contributed by atoms with E-state index in [1.165, 1.54) is 77.8 Å². The Hall–Kier alpha value is -5.40. The first-order chi connectivity index (χ1) is 24.0. The Kier molecular flexibility index (Phi) is 6.62. The Labute approximate surface area is 296 Å². The zero-order valence-electron chi connectivity index (χ0n) is 29.9. The van der Waals surface area contributed by atoms with Crippen molar-refractivity contribution in [3.63, 3.8) is 0 Å². The van der Waals surface area contributed by atoms with Gasteiger partial charge in [0.1, 0.15) is 0 Å². The average Bonchev–Trinajstić information content (AvgIpc) is 3.50. The van der Waals surface area contributed by atoms with Gasteiger partial charge in [-0.15, -0.1) is 0 Å². The molecule has 9 rings (SSSR count). The highest BCUT2D eigenvalue weighted by Gasteiger charge is 2.38. The molecule has 0 aliphatic heterocycles. The SMILES string of the molecule is CC(C)(c1ccccc1)c1ccc(N(c2ccc3c(c2)C(C)(C)c2ccccc2-3)c2ccc3c(c2)C(C)(C)c2cc4ccccc4cc2-3)cc1.